The zero-order valence-electron chi connectivity index (χ0n) is 13.5. The van der Waals surface area contributed by atoms with Gasteiger partial charge in [-0.2, -0.15) is 0 Å². The number of aryl methyl sites for hydroxylation is 1. The second-order valence-corrected chi connectivity index (χ2v) is 8.08. The van der Waals surface area contributed by atoms with Crippen LogP contribution in [-0.2, 0) is 19.6 Å². The number of carbonyl (C=O) groups excluding carboxylic acids is 2. The Labute approximate surface area is 145 Å². The first-order chi connectivity index (χ1) is 11.9. The third kappa shape index (κ3) is 2.26. The molecule has 2 saturated heterocycles. The second kappa shape index (κ2) is 5.42. The van der Waals surface area contributed by atoms with Crippen molar-refractivity contribution in [1.82, 2.24) is 4.31 Å². The number of carbonyl (C=O) groups is 2. The van der Waals surface area contributed by atoms with Gasteiger partial charge in [0.05, 0.1) is 4.90 Å². The lowest BCUT2D eigenvalue weighted by atomic mass is 10.2. The Hall–Kier alpha value is -2.67. The summed E-state index contributed by atoms with van der Waals surface area (Å²) in [6, 6.07) is 13.4. The summed E-state index contributed by atoms with van der Waals surface area (Å²) in [4.78, 5) is 26.9. The van der Waals surface area contributed by atoms with Gasteiger partial charge in [0, 0.05) is 12.1 Å². The molecule has 0 aromatic heterocycles. The molecule has 2 atom stereocenters. The molecule has 7 heteroatoms. The maximum absolute atomic E-state index is 12.9. The van der Waals surface area contributed by atoms with Crippen molar-refractivity contribution in [2.75, 3.05) is 4.90 Å². The highest BCUT2D eigenvalue weighted by molar-refractivity contribution is 7.89. The standard InChI is InChI=1S/C18H16N2O4S/c1-12-7-9-14(10-8-12)25(23,24)20-16-11-15(18(20)22)19(17(16)21)13-5-3-2-4-6-13/h2-10,15-16H,11H2,1H3/t15-,16-/m0/s1. The van der Waals surface area contributed by atoms with Crippen LogP contribution in [0.25, 0.3) is 0 Å². The van der Waals surface area contributed by atoms with E-state index in [2.05, 4.69) is 0 Å². The van der Waals surface area contributed by atoms with Gasteiger partial charge in [-0.15, -0.1) is 0 Å². The number of hydrogen-bond acceptors (Lipinski definition) is 4. The Morgan fingerprint density at radius 2 is 1.52 bits per heavy atom. The van der Waals surface area contributed by atoms with Crippen molar-refractivity contribution in [2.45, 2.75) is 30.3 Å². The summed E-state index contributed by atoms with van der Waals surface area (Å²) >= 11 is 0. The molecular formula is C18H16N2O4S. The van der Waals surface area contributed by atoms with E-state index in [9.17, 15) is 18.0 Å². The topological polar surface area (TPSA) is 74.8 Å². The van der Waals surface area contributed by atoms with Crippen LogP contribution in [0.15, 0.2) is 59.5 Å². The fraction of sp³-hybridized carbons (Fsp3) is 0.222. The van der Waals surface area contributed by atoms with E-state index < -0.39 is 28.0 Å². The van der Waals surface area contributed by atoms with Crippen molar-refractivity contribution >= 4 is 27.5 Å². The summed E-state index contributed by atoms with van der Waals surface area (Å²) in [5.41, 5.74) is 1.53. The molecule has 4 rings (SSSR count). The first-order valence-corrected chi connectivity index (χ1v) is 9.38. The van der Waals surface area contributed by atoms with E-state index >= 15 is 0 Å². The maximum Gasteiger partial charge on any atom is 0.267 e. The molecule has 2 bridgehead atoms. The van der Waals surface area contributed by atoms with E-state index in [1.165, 1.54) is 17.0 Å². The molecule has 128 valence electrons. The molecule has 0 unspecified atom stereocenters. The minimum Gasteiger partial charge on any atom is -0.298 e. The summed E-state index contributed by atoms with van der Waals surface area (Å²) in [5, 5.41) is 0. The Balaban J connectivity index is 1.71. The van der Waals surface area contributed by atoms with Crippen molar-refractivity contribution in [1.29, 1.82) is 0 Å². The van der Waals surface area contributed by atoms with E-state index in [1.54, 1.807) is 36.4 Å². The van der Waals surface area contributed by atoms with Gasteiger partial charge >= 0.3 is 0 Å². The van der Waals surface area contributed by atoms with Crippen molar-refractivity contribution in [3.05, 3.63) is 60.2 Å². The van der Waals surface area contributed by atoms with Gasteiger partial charge in [0.2, 0.25) is 0 Å². The summed E-state index contributed by atoms with van der Waals surface area (Å²) in [7, 11) is -4.04. The van der Waals surface area contributed by atoms with Crippen molar-refractivity contribution in [3.63, 3.8) is 0 Å². The molecule has 0 spiro atoms. The van der Waals surface area contributed by atoms with E-state index in [0.29, 0.717) is 5.69 Å². The summed E-state index contributed by atoms with van der Waals surface area (Å²) in [6.45, 7) is 1.85. The molecule has 0 saturated carbocycles. The van der Waals surface area contributed by atoms with E-state index in [4.69, 9.17) is 0 Å². The van der Waals surface area contributed by atoms with Crippen LogP contribution in [0.4, 0.5) is 5.69 Å². The number of sulfonamides is 1. The van der Waals surface area contributed by atoms with Crippen LogP contribution in [0, 0.1) is 6.92 Å². The highest BCUT2D eigenvalue weighted by Gasteiger charge is 2.59. The normalized spacial score (nSPS) is 22.8. The number of fused-ring (bicyclic) bond motifs is 2. The van der Waals surface area contributed by atoms with Crippen LogP contribution in [0.5, 0.6) is 0 Å². The molecule has 2 amide bonds. The predicted molar refractivity (Wildman–Crippen MR) is 91.3 cm³/mol. The first kappa shape index (κ1) is 15.8. The SMILES string of the molecule is Cc1ccc(S(=O)(=O)N2C(=O)[C@@H]3C[C@H]2C(=O)N3c2ccccc2)cc1. The minimum absolute atomic E-state index is 0.0260. The third-order valence-electron chi connectivity index (χ3n) is 4.68. The van der Waals surface area contributed by atoms with Gasteiger partial charge in [0.15, 0.2) is 0 Å². The number of nitrogens with zero attached hydrogens (tertiary/aromatic N) is 2. The highest BCUT2D eigenvalue weighted by Crippen LogP contribution is 2.39. The summed E-state index contributed by atoms with van der Waals surface area (Å²) < 4.78 is 26.5. The molecule has 2 aromatic rings. The van der Waals surface area contributed by atoms with Crippen LogP contribution in [-0.4, -0.2) is 36.6 Å². The van der Waals surface area contributed by atoms with Crippen LogP contribution in [0.3, 0.4) is 0 Å². The van der Waals surface area contributed by atoms with Crippen molar-refractivity contribution < 1.29 is 18.0 Å². The molecule has 25 heavy (non-hydrogen) atoms. The molecule has 0 radical (unpaired) electrons. The molecule has 6 nitrogen and oxygen atoms in total. The Morgan fingerprint density at radius 3 is 2.16 bits per heavy atom. The monoisotopic (exact) mass is 356 g/mol. The van der Waals surface area contributed by atoms with E-state index in [-0.39, 0.29) is 17.2 Å². The first-order valence-electron chi connectivity index (χ1n) is 7.94. The second-order valence-electron chi connectivity index (χ2n) is 6.26. The molecular weight excluding hydrogens is 340 g/mol. The van der Waals surface area contributed by atoms with Gasteiger partial charge < -0.3 is 0 Å². The van der Waals surface area contributed by atoms with Gasteiger partial charge in [-0.3, -0.25) is 14.5 Å². The largest absolute Gasteiger partial charge is 0.298 e. The average Bonchev–Trinajstić information content (AvgIpc) is 3.10. The highest BCUT2D eigenvalue weighted by atomic mass is 32.2. The molecule has 2 aromatic carbocycles. The Morgan fingerprint density at radius 1 is 0.880 bits per heavy atom. The number of amides is 2. The van der Waals surface area contributed by atoms with Crippen molar-refractivity contribution in [3.8, 4) is 0 Å². The lowest BCUT2D eigenvalue weighted by Crippen LogP contribution is -2.55. The maximum atomic E-state index is 12.9. The van der Waals surface area contributed by atoms with Gasteiger partial charge in [0.25, 0.3) is 21.8 Å². The van der Waals surface area contributed by atoms with Gasteiger partial charge in [-0.1, -0.05) is 35.9 Å². The molecule has 2 aliphatic heterocycles. The van der Waals surface area contributed by atoms with E-state index in [1.807, 2.05) is 13.0 Å². The number of anilines is 1. The van der Waals surface area contributed by atoms with Gasteiger partial charge in [0.1, 0.15) is 12.1 Å². The third-order valence-corrected chi connectivity index (χ3v) is 6.50. The Bertz CT molecular complexity index is 954. The lowest BCUT2D eigenvalue weighted by molar-refractivity contribution is -0.133. The minimum atomic E-state index is -4.04. The average molecular weight is 356 g/mol. The van der Waals surface area contributed by atoms with Gasteiger partial charge in [-0.05, 0) is 31.2 Å². The van der Waals surface area contributed by atoms with Crippen LogP contribution < -0.4 is 4.90 Å². The molecule has 0 N–H and O–H groups in total. The fourth-order valence-electron chi connectivity index (χ4n) is 3.45. The molecule has 0 aliphatic carbocycles. The zero-order valence-corrected chi connectivity index (χ0v) is 14.3. The zero-order chi connectivity index (χ0) is 17.8. The van der Waals surface area contributed by atoms with Crippen LogP contribution in [0.2, 0.25) is 0 Å². The summed E-state index contributed by atoms with van der Waals surface area (Å²) in [6.07, 6.45) is 0.192. The van der Waals surface area contributed by atoms with Crippen LogP contribution >= 0.6 is 0 Å². The van der Waals surface area contributed by atoms with E-state index in [0.717, 1.165) is 9.87 Å². The van der Waals surface area contributed by atoms with Crippen molar-refractivity contribution in [2.24, 2.45) is 0 Å². The molecule has 2 aliphatic rings. The predicted octanol–water partition coefficient (Wildman–Crippen LogP) is 1.70. The number of hydrogen-bond donors (Lipinski definition) is 0. The molecule has 2 fully saturated rings. The molecule has 2 heterocycles. The quantitative estimate of drug-likeness (QED) is 0.839. The van der Waals surface area contributed by atoms with Gasteiger partial charge in [-0.25, -0.2) is 12.7 Å². The number of benzene rings is 2. The lowest BCUT2D eigenvalue weighted by Gasteiger charge is -2.32. The van der Waals surface area contributed by atoms with Crippen LogP contribution in [0.1, 0.15) is 12.0 Å². The fourth-order valence-corrected chi connectivity index (χ4v) is 5.02. The number of piperazine rings is 1. The number of rotatable bonds is 3. The summed E-state index contributed by atoms with van der Waals surface area (Å²) in [5.74, 6) is -0.902. The smallest absolute Gasteiger partial charge is 0.267 e. The number of para-hydroxylation sites is 1. The Kier molecular flexibility index (Phi) is 3.43.